The average Bonchev–Trinajstić information content (AvgIpc) is 3.81. The molecule has 7 nitrogen and oxygen atoms in total. The topological polar surface area (TPSA) is 88.4 Å². The van der Waals surface area contributed by atoms with E-state index in [1.807, 2.05) is 54.6 Å². The van der Waals surface area contributed by atoms with E-state index >= 15 is 0 Å². The number of nitrogens with zero attached hydrogens (tertiary/aromatic N) is 3. The van der Waals surface area contributed by atoms with Crippen molar-refractivity contribution in [3.63, 3.8) is 0 Å². The summed E-state index contributed by atoms with van der Waals surface area (Å²) in [6.07, 6.45) is 11.2. The fourth-order valence-electron chi connectivity index (χ4n) is 4.11. The van der Waals surface area contributed by atoms with Gasteiger partial charge in [0.2, 0.25) is 5.91 Å². The summed E-state index contributed by atoms with van der Waals surface area (Å²) < 4.78 is 1.66. The van der Waals surface area contributed by atoms with E-state index in [1.165, 1.54) is 11.8 Å². The van der Waals surface area contributed by atoms with Crippen LogP contribution in [0.25, 0.3) is 5.65 Å². The number of imidazole rings is 1. The lowest BCUT2D eigenvalue weighted by Crippen LogP contribution is -2.13. The van der Waals surface area contributed by atoms with Crippen LogP contribution in [0.15, 0.2) is 76.8 Å². The van der Waals surface area contributed by atoms with Crippen LogP contribution in [-0.2, 0) is 10.2 Å². The maximum Gasteiger partial charge on any atom is 0.255 e. The summed E-state index contributed by atoms with van der Waals surface area (Å²) in [5, 5.41) is 11.2. The van der Waals surface area contributed by atoms with Crippen molar-refractivity contribution in [2.45, 2.75) is 41.0 Å². The van der Waals surface area contributed by atoms with Crippen molar-refractivity contribution in [2.24, 2.45) is 5.92 Å². The lowest BCUT2D eigenvalue weighted by molar-refractivity contribution is -0.117. The molecule has 0 atom stereocenters. The molecule has 2 heterocycles. The summed E-state index contributed by atoms with van der Waals surface area (Å²) in [5.74, 6) is 3.34. The molecule has 2 aromatic carbocycles. The number of hydrogen-bond donors (Lipinski definition) is 2. The fourth-order valence-corrected chi connectivity index (χ4v) is 4.95. The molecule has 6 rings (SSSR count). The van der Waals surface area contributed by atoms with Gasteiger partial charge in [0.05, 0.1) is 11.6 Å². The number of anilines is 2. The van der Waals surface area contributed by atoms with Gasteiger partial charge < -0.3 is 10.6 Å². The predicted octanol–water partition coefficient (Wildman–Crippen LogP) is 5.15. The van der Waals surface area contributed by atoms with Gasteiger partial charge in [-0.25, -0.2) is 9.50 Å². The molecule has 2 aliphatic rings. The first-order valence-corrected chi connectivity index (χ1v) is 12.7. The van der Waals surface area contributed by atoms with E-state index in [0.29, 0.717) is 22.7 Å². The third-order valence-electron chi connectivity index (χ3n) is 6.51. The van der Waals surface area contributed by atoms with Crippen LogP contribution in [0, 0.1) is 18.3 Å². The van der Waals surface area contributed by atoms with Crippen molar-refractivity contribution in [2.75, 3.05) is 10.6 Å². The minimum Gasteiger partial charge on any atom is -0.322 e. The van der Waals surface area contributed by atoms with Crippen LogP contribution in [0.1, 0.15) is 41.6 Å². The molecule has 36 heavy (non-hydrogen) atoms. The summed E-state index contributed by atoms with van der Waals surface area (Å²) in [4.78, 5) is 30.3. The largest absolute Gasteiger partial charge is 0.322 e. The van der Waals surface area contributed by atoms with E-state index in [9.17, 15) is 9.59 Å². The highest BCUT2D eigenvalue weighted by molar-refractivity contribution is 7.99. The van der Waals surface area contributed by atoms with Crippen LogP contribution < -0.4 is 10.6 Å². The van der Waals surface area contributed by atoms with E-state index in [-0.39, 0.29) is 23.1 Å². The van der Waals surface area contributed by atoms with Gasteiger partial charge in [0, 0.05) is 22.1 Å². The third-order valence-corrected chi connectivity index (χ3v) is 7.43. The van der Waals surface area contributed by atoms with Gasteiger partial charge in [-0.15, -0.1) is 6.42 Å². The Kier molecular flexibility index (Phi) is 5.50. The zero-order valence-electron chi connectivity index (χ0n) is 19.4. The Labute approximate surface area is 212 Å². The monoisotopic (exact) mass is 493 g/mol. The molecule has 0 aliphatic heterocycles. The molecular formula is C28H23N5O2S. The minimum absolute atomic E-state index is 0.0154. The van der Waals surface area contributed by atoms with Gasteiger partial charge in [-0.05, 0) is 73.7 Å². The van der Waals surface area contributed by atoms with Gasteiger partial charge >= 0.3 is 0 Å². The molecule has 0 radical (unpaired) electrons. The van der Waals surface area contributed by atoms with E-state index in [1.54, 1.807) is 16.8 Å². The van der Waals surface area contributed by atoms with Crippen LogP contribution >= 0.6 is 11.8 Å². The van der Waals surface area contributed by atoms with Crippen molar-refractivity contribution in [1.29, 1.82) is 0 Å². The summed E-state index contributed by atoms with van der Waals surface area (Å²) in [6, 6.07) is 19.0. The number of fused-ring (bicyclic) bond motifs is 1. The highest BCUT2D eigenvalue weighted by Crippen LogP contribution is 2.47. The van der Waals surface area contributed by atoms with Gasteiger partial charge in [-0.2, -0.15) is 5.10 Å². The number of aromatic nitrogens is 3. The Morgan fingerprint density at radius 3 is 2.67 bits per heavy atom. The molecule has 0 spiro atoms. The zero-order chi connectivity index (χ0) is 24.7. The van der Waals surface area contributed by atoms with Gasteiger partial charge in [-0.1, -0.05) is 35.9 Å². The van der Waals surface area contributed by atoms with Gasteiger partial charge in [0.15, 0.2) is 11.5 Å². The highest BCUT2D eigenvalue weighted by atomic mass is 32.2. The minimum atomic E-state index is -0.209. The third kappa shape index (κ3) is 4.58. The van der Waals surface area contributed by atoms with Crippen molar-refractivity contribution in [1.82, 2.24) is 14.6 Å². The van der Waals surface area contributed by atoms with Crippen molar-refractivity contribution in [3.05, 3.63) is 78.0 Å². The summed E-state index contributed by atoms with van der Waals surface area (Å²) in [5.41, 5.74) is 2.76. The highest BCUT2D eigenvalue weighted by Gasteiger charge is 2.42. The van der Waals surface area contributed by atoms with E-state index in [4.69, 9.17) is 6.42 Å². The Hall–Kier alpha value is -4.09. The molecule has 178 valence electrons. The first-order chi connectivity index (χ1) is 17.5. The first kappa shape index (κ1) is 22.4. The van der Waals surface area contributed by atoms with Gasteiger partial charge in [-0.3, -0.25) is 9.59 Å². The second kappa shape index (κ2) is 8.85. The average molecular weight is 494 g/mol. The molecule has 8 heteroatoms. The van der Waals surface area contributed by atoms with Crippen LogP contribution in [0.4, 0.5) is 11.5 Å². The van der Waals surface area contributed by atoms with Crippen molar-refractivity contribution >= 4 is 40.7 Å². The summed E-state index contributed by atoms with van der Waals surface area (Å²) in [7, 11) is 0. The smallest absolute Gasteiger partial charge is 0.255 e. The number of benzene rings is 2. The molecule has 0 bridgehead atoms. The van der Waals surface area contributed by atoms with Gasteiger partial charge in [0.25, 0.3) is 5.91 Å². The molecule has 2 fully saturated rings. The number of amides is 2. The van der Waals surface area contributed by atoms with Crippen LogP contribution in [-0.4, -0.2) is 26.4 Å². The van der Waals surface area contributed by atoms with E-state index in [2.05, 4.69) is 26.6 Å². The Bertz CT molecular complexity index is 1550. The van der Waals surface area contributed by atoms with E-state index in [0.717, 1.165) is 41.2 Å². The molecular weight excluding hydrogens is 470 g/mol. The number of rotatable bonds is 7. The molecule has 2 saturated carbocycles. The second-order valence-electron chi connectivity index (χ2n) is 9.26. The number of terminal acetylenes is 1. The van der Waals surface area contributed by atoms with Crippen LogP contribution in [0.2, 0.25) is 0 Å². The first-order valence-electron chi connectivity index (χ1n) is 11.9. The maximum absolute atomic E-state index is 12.9. The maximum atomic E-state index is 12.9. The molecule has 0 unspecified atom stereocenters. The SMILES string of the molecule is C#CC1(c2cccc(C(=O)Nc3cccc(Sc4ccc5nc(NC(=O)C6CC6)cn5n4)c3)c2)CC1. The normalized spacial score (nSPS) is 15.8. The molecule has 2 amide bonds. The zero-order valence-corrected chi connectivity index (χ0v) is 20.2. The van der Waals surface area contributed by atoms with Crippen molar-refractivity contribution < 1.29 is 9.59 Å². The Morgan fingerprint density at radius 1 is 1.06 bits per heavy atom. The molecule has 4 aromatic rings. The molecule has 2 N–H and O–H groups in total. The number of carbonyl (C=O) groups is 2. The Balaban J connectivity index is 1.15. The second-order valence-corrected chi connectivity index (χ2v) is 10.3. The van der Waals surface area contributed by atoms with Crippen LogP contribution in [0.3, 0.4) is 0 Å². The number of nitrogens with one attached hydrogen (secondary N) is 2. The van der Waals surface area contributed by atoms with E-state index < -0.39 is 0 Å². The standard InChI is InChI=1S/C28H23N5O2S/c1-2-28(13-14-28)20-6-3-5-19(15-20)27(35)29-21-7-4-8-22(16-21)36-25-12-11-24-30-23(17-33(24)32-25)31-26(34)18-9-10-18/h1,3-8,11-12,15-18H,9-10,13-14H2,(H,29,35)(H,31,34). The fraction of sp³-hybridized carbons (Fsp3) is 0.214. The molecule has 2 aromatic heterocycles. The number of carbonyl (C=O) groups excluding carboxylic acids is 2. The lowest BCUT2D eigenvalue weighted by atomic mass is 9.95. The quantitative estimate of drug-likeness (QED) is 0.348. The molecule has 0 saturated heterocycles. The predicted molar refractivity (Wildman–Crippen MR) is 139 cm³/mol. The lowest BCUT2D eigenvalue weighted by Gasteiger charge is -2.11. The summed E-state index contributed by atoms with van der Waals surface area (Å²) >= 11 is 1.47. The summed E-state index contributed by atoms with van der Waals surface area (Å²) in [6.45, 7) is 0. The Morgan fingerprint density at radius 2 is 1.89 bits per heavy atom. The van der Waals surface area contributed by atoms with Crippen molar-refractivity contribution in [3.8, 4) is 12.3 Å². The molecule has 2 aliphatic carbocycles. The number of hydrogen-bond acceptors (Lipinski definition) is 5. The van der Waals surface area contributed by atoms with Gasteiger partial charge in [0.1, 0.15) is 5.03 Å². The van der Waals surface area contributed by atoms with Crippen LogP contribution in [0.5, 0.6) is 0 Å².